The Morgan fingerprint density at radius 3 is 1.91 bits per heavy atom. The van der Waals surface area contributed by atoms with Gasteiger partial charge in [-0.3, -0.25) is 14.4 Å². The summed E-state index contributed by atoms with van der Waals surface area (Å²) in [4.78, 5) is 35.4. The zero-order chi connectivity index (χ0) is 22.6. The van der Waals surface area contributed by atoms with Gasteiger partial charge in [0.1, 0.15) is 23.8 Å². The highest BCUT2D eigenvalue weighted by Gasteiger charge is 2.10. The highest BCUT2D eigenvalue weighted by molar-refractivity contribution is 5.93. The van der Waals surface area contributed by atoms with E-state index in [0.717, 1.165) is 0 Å². The van der Waals surface area contributed by atoms with Crippen LogP contribution in [0.5, 0.6) is 17.2 Å². The van der Waals surface area contributed by atoms with E-state index in [2.05, 4.69) is 10.6 Å². The number of para-hydroxylation sites is 2. The molecule has 2 N–H and O–H groups in total. The first-order valence-electron chi connectivity index (χ1n) is 9.81. The van der Waals surface area contributed by atoms with E-state index in [-0.39, 0.29) is 13.2 Å². The molecule has 0 aromatic heterocycles. The second-order valence-corrected chi connectivity index (χ2v) is 6.53. The van der Waals surface area contributed by atoms with Gasteiger partial charge in [0.05, 0.1) is 0 Å². The van der Waals surface area contributed by atoms with E-state index in [1.54, 1.807) is 48.5 Å². The third-order valence-electron chi connectivity index (χ3n) is 4.02. The Morgan fingerprint density at radius 2 is 1.25 bits per heavy atom. The lowest BCUT2D eigenvalue weighted by Crippen LogP contribution is -2.35. The van der Waals surface area contributed by atoms with Crippen LogP contribution in [0.25, 0.3) is 0 Å². The Labute approximate surface area is 185 Å². The molecule has 0 atom stereocenters. The highest BCUT2D eigenvalue weighted by atomic mass is 16.5. The number of carbonyl (C=O) groups excluding carboxylic acids is 3. The van der Waals surface area contributed by atoms with Crippen LogP contribution in [0.15, 0.2) is 84.9 Å². The van der Waals surface area contributed by atoms with Crippen molar-refractivity contribution >= 4 is 23.5 Å². The number of hydrogen-bond donors (Lipinski definition) is 2. The average molecular weight is 434 g/mol. The summed E-state index contributed by atoms with van der Waals surface area (Å²) >= 11 is 0. The van der Waals surface area contributed by atoms with Crippen molar-refractivity contribution in [1.82, 2.24) is 5.32 Å². The first-order valence-corrected chi connectivity index (χ1v) is 9.81. The molecule has 8 heteroatoms. The first-order chi connectivity index (χ1) is 15.6. The molecule has 0 aliphatic heterocycles. The zero-order valence-electron chi connectivity index (χ0n) is 17.2. The minimum atomic E-state index is -0.736. The normalized spacial score (nSPS) is 10.0. The van der Waals surface area contributed by atoms with Gasteiger partial charge in [-0.1, -0.05) is 36.4 Å². The van der Waals surface area contributed by atoms with E-state index in [0.29, 0.717) is 22.9 Å². The Bertz CT molecular complexity index is 1020. The largest absolute Gasteiger partial charge is 0.484 e. The smallest absolute Gasteiger partial charge is 0.325 e. The number of anilines is 1. The molecular weight excluding hydrogens is 412 g/mol. The fourth-order valence-corrected chi connectivity index (χ4v) is 2.51. The van der Waals surface area contributed by atoms with Crippen LogP contribution in [0.4, 0.5) is 5.69 Å². The lowest BCUT2D eigenvalue weighted by Gasteiger charge is -2.09. The number of hydrogen-bond acceptors (Lipinski definition) is 6. The van der Waals surface area contributed by atoms with Crippen molar-refractivity contribution < 1.29 is 28.6 Å². The summed E-state index contributed by atoms with van der Waals surface area (Å²) in [6, 6.07) is 24.9. The quantitative estimate of drug-likeness (QED) is 0.475. The van der Waals surface area contributed by atoms with E-state index in [1.807, 2.05) is 36.4 Å². The zero-order valence-corrected chi connectivity index (χ0v) is 17.2. The Kier molecular flexibility index (Phi) is 8.21. The molecule has 0 unspecified atom stereocenters. The third-order valence-corrected chi connectivity index (χ3v) is 4.02. The summed E-state index contributed by atoms with van der Waals surface area (Å²) in [7, 11) is 0. The van der Waals surface area contributed by atoms with Crippen molar-refractivity contribution in [3.63, 3.8) is 0 Å². The second kappa shape index (κ2) is 11.8. The number of carbonyl (C=O) groups is 3. The van der Waals surface area contributed by atoms with Crippen LogP contribution < -0.4 is 20.1 Å². The Hall–Kier alpha value is -4.33. The van der Waals surface area contributed by atoms with E-state index in [9.17, 15) is 14.4 Å². The van der Waals surface area contributed by atoms with Gasteiger partial charge in [-0.2, -0.15) is 0 Å². The van der Waals surface area contributed by atoms with Gasteiger partial charge in [0, 0.05) is 5.69 Å². The van der Waals surface area contributed by atoms with E-state index in [4.69, 9.17) is 14.2 Å². The minimum absolute atomic E-state index is 0.234. The number of amides is 2. The maximum atomic E-state index is 12.0. The molecule has 0 aliphatic rings. The van der Waals surface area contributed by atoms with Crippen molar-refractivity contribution in [1.29, 1.82) is 0 Å². The monoisotopic (exact) mass is 434 g/mol. The van der Waals surface area contributed by atoms with Crippen LogP contribution in [0.3, 0.4) is 0 Å². The molecule has 0 aliphatic carbocycles. The summed E-state index contributed by atoms with van der Waals surface area (Å²) in [6.45, 7) is -1.07. The van der Waals surface area contributed by atoms with Gasteiger partial charge in [0.25, 0.3) is 11.8 Å². The number of rotatable bonds is 10. The molecule has 164 valence electrons. The van der Waals surface area contributed by atoms with Crippen molar-refractivity contribution in [2.75, 3.05) is 25.1 Å². The molecule has 0 heterocycles. The predicted molar refractivity (Wildman–Crippen MR) is 117 cm³/mol. The molecule has 8 nitrogen and oxygen atoms in total. The molecule has 0 saturated heterocycles. The minimum Gasteiger partial charge on any atom is -0.484 e. The maximum absolute atomic E-state index is 12.0. The molecule has 0 bridgehead atoms. The topological polar surface area (TPSA) is 103 Å². The average Bonchev–Trinajstić information content (AvgIpc) is 2.82. The number of esters is 1. The van der Waals surface area contributed by atoms with E-state index >= 15 is 0 Å². The predicted octanol–water partition coefficient (Wildman–Crippen LogP) is 3.16. The van der Waals surface area contributed by atoms with Crippen LogP contribution in [0.2, 0.25) is 0 Å². The third kappa shape index (κ3) is 7.83. The molecule has 32 heavy (non-hydrogen) atoms. The standard InChI is InChI=1S/C24H22N2O6/c27-22(16-30-19-7-3-1-4-8-19)25-15-24(29)31-17-23(28)26-18-11-13-21(14-12-18)32-20-9-5-2-6-10-20/h1-14H,15-17H2,(H,25,27)(H,26,28). The summed E-state index contributed by atoms with van der Waals surface area (Å²) in [5.74, 6) is 0.144. The van der Waals surface area contributed by atoms with Crippen molar-refractivity contribution in [3.05, 3.63) is 84.9 Å². The van der Waals surface area contributed by atoms with Crippen LogP contribution in [-0.2, 0) is 19.1 Å². The molecule has 3 aromatic rings. The van der Waals surface area contributed by atoms with Gasteiger partial charge in [-0.25, -0.2) is 0 Å². The molecule has 0 spiro atoms. The second-order valence-electron chi connectivity index (χ2n) is 6.53. The molecule has 0 radical (unpaired) electrons. The van der Waals surface area contributed by atoms with Crippen LogP contribution in [0, 0.1) is 0 Å². The van der Waals surface area contributed by atoms with Gasteiger partial charge >= 0.3 is 5.97 Å². The molecule has 0 fully saturated rings. The molecule has 3 rings (SSSR count). The Morgan fingerprint density at radius 1 is 0.656 bits per heavy atom. The van der Waals surface area contributed by atoms with Crippen LogP contribution in [-0.4, -0.2) is 37.5 Å². The van der Waals surface area contributed by atoms with Crippen LogP contribution >= 0.6 is 0 Å². The molecule has 0 saturated carbocycles. The molecule has 2 amide bonds. The highest BCUT2D eigenvalue weighted by Crippen LogP contribution is 2.22. The van der Waals surface area contributed by atoms with Gasteiger partial charge in [0.15, 0.2) is 13.2 Å². The van der Waals surface area contributed by atoms with Crippen molar-refractivity contribution in [3.8, 4) is 17.2 Å². The number of ether oxygens (including phenoxy) is 3. The van der Waals surface area contributed by atoms with Crippen molar-refractivity contribution in [2.45, 2.75) is 0 Å². The fraction of sp³-hybridized carbons (Fsp3) is 0.125. The first kappa shape index (κ1) is 22.4. The summed E-state index contributed by atoms with van der Waals surface area (Å²) in [5.41, 5.74) is 0.526. The fourth-order valence-electron chi connectivity index (χ4n) is 2.51. The van der Waals surface area contributed by atoms with E-state index in [1.165, 1.54) is 0 Å². The number of benzene rings is 3. The summed E-state index contributed by atoms with van der Waals surface area (Å²) in [5, 5.41) is 4.98. The lowest BCUT2D eigenvalue weighted by molar-refractivity contribution is -0.147. The van der Waals surface area contributed by atoms with Crippen LogP contribution in [0.1, 0.15) is 0 Å². The van der Waals surface area contributed by atoms with Gasteiger partial charge in [0.2, 0.25) is 0 Å². The lowest BCUT2D eigenvalue weighted by atomic mass is 10.3. The van der Waals surface area contributed by atoms with Gasteiger partial charge < -0.3 is 24.8 Å². The molecule has 3 aromatic carbocycles. The van der Waals surface area contributed by atoms with Gasteiger partial charge in [-0.15, -0.1) is 0 Å². The van der Waals surface area contributed by atoms with E-state index < -0.39 is 24.4 Å². The summed E-state index contributed by atoms with van der Waals surface area (Å²) < 4.78 is 15.8. The number of nitrogens with one attached hydrogen (secondary N) is 2. The summed E-state index contributed by atoms with van der Waals surface area (Å²) in [6.07, 6.45) is 0. The molecular formula is C24H22N2O6. The van der Waals surface area contributed by atoms with Gasteiger partial charge in [-0.05, 0) is 48.5 Å². The SMILES string of the molecule is O=C(COc1ccccc1)NCC(=O)OCC(=O)Nc1ccc(Oc2ccccc2)cc1. The maximum Gasteiger partial charge on any atom is 0.325 e. The Balaban J connectivity index is 1.32. The van der Waals surface area contributed by atoms with Crippen molar-refractivity contribution in [2.24, 2.45) is 0 Å².